The Kier molecular flexibility index (Phi) is 5.78. The van der Waals surface area contributed by atoms with Crippen LogP contribution in [0.4, 0.5) is 13.2 Å². The highest BCUT2D eigenvalue weighted by atomic mass is 19.4. The maximum atomic E-state index is 14.8. The van der Waals surface area contributed by atoms with Crippen molar-refractivity contribution in [2.24, 2.45) is 0 Å². The standard InChI is InChI=1S/C30H25F3N4O/c31-30(32,33)29(38,19-36-13-12-23-22-8-4-5-9-26(22)35-27(23)18-36)25-17-37(16-20-6-2-1-3-7-20)28-14-21(15-34)10-11-24(25)28/h1-11,14,17,35,38H,12-13,16,18-19H2. The Balaban J connectivity index is 1.41. The fourth-order valence-electron chi connectivity index (χ4n) is 5.64. The summed E-state index contributed by atoms with van der Waals surface area (Å²) in [6, 6.07) is 23.9. The molecule has 1 unspecified atom stereocenters. The van der Waals surface area contributed by atoms with E-state index in [1.54, 1.807) is 15.5 Å². The van der Waals surface area contributed by atoms with Gasteiger partial charge in [0.25, 0.3) is 0 Å². The van der Waals surface area contributed by atoms with E-state index in [0.717, 1.165) is 27.7 Å². The van der Waals surface area contributed by atoms with Gasteiger partial charge in [-0.3, -0.25) is 4.90 Å². The van der Waals surface area contributed by atoms with E-state index in [9.17, 15) is 23.5 Å². The normalized spacial score (nSPS) is 15.9. The number of nitrogens with one attached hydrogen (secondary N) is 1. The van der Waals surface area contributed by atoms with Gasteiger partial charge in [-0.2, -0.15) is 18.4 Å². The summed E-state index contributed by atoms with van der Waals surface area (Å²) in [5.41, 5.74) is 1.37. The highest BCUT2D eigenvalue weighted by molar-refractivity contribution is 5.87. The fourth-order valence-corrected chi connectivity index (χ4v) is 5.64. The van der Waals surface area contributed by atoms with Gasteiger partial charge in [0.1, 0.15) is 0 Å². The van der Waals surface area contributed by atoms with Gasteiger partial charge in [-0.15, -0.1) is 0 Å². The molecule has 0 amide bonds. The minimum absolute atomic E-state index is 0.206. The Bertz CT molecular complexity index is 1680. The third-order valence-electron chi connectivity index (χ3n) is 7.54. The number of benzene rings is 3. The zero-order valence-corrected chi connectivity index (χ0v) is 20.5. The van der Waals surface area contributed by atoms with E-state index in [1.165, 1.54) is 18.3 Å². The quantitative estimate of drug-likeness (QED) is 0.309. The van der Waals surface area contributed by atoms with Gasteiger partial charge in [0.2, 0.25) is 5.60 Å². The first-order valence-corrected chi connectivity index (χ1v) is 12.4. The summed E-state index contributed by atoms with van der Waals surface area (Å²) >= 11 is 0. The van der Waals surface area contributed by atoms with E-state index in [1.807, 2.05) is 54.6 Å². The summed E-state index contributed by atoms with van der Waals surface area (Å²) < 4.78 is 46.0. The van der Waals surface area contributed by atoms with Crippen LogP contribution in [0.15, 0.2) is 79.0 Å². The van der Waals surface area contributed by atoms with E-state index >= 15 is 0 Å². The van der Waals surface area contributed by atoms with Crippen molar-refractivity contribution in [1.82, 2.24) is 14.5 Å². The number of aliphatic hydroxyl groups is 1. The first-order chi connectivity index (χ1) is 18.3. The van der Waals surface area contributed by atoms with Crippen molar-refractivity contribution in [2.75, 3.05) is 13.1 Å². The monoisotopic (exact) mass is 514 g/mol. The molecule has 3 aromatic carbocycles. The summed E-state index contributed by atoms with van der Waals surface area (Å²) in [4.78, 5) is 5.01. The molecular weight excluding hydrogens is 489 g/mol. The number of rotatable bonds is 5. The SMILES string of the molecule is N#Cc1ccc2c(C(O)(CN3CCc4c([nH]c5ccccc45)C3)C(F)(F)F)cn(Cc3ccccc3)c2c1. The van der Waals surface area contributed by atoms with Crippen LogP contribution in [0, 0.1) is 11.3 Å². The van der Waals surface area contributed by atoms with Crippen molar-refractivity contribution in [3.8, 4) is 6.07 Å². The molecule has 0 spiro atoms. The fraction of sp³-hybridized carbons (Fsp3) is 0.233. The number of β-amino-alcohol motifs (C(OH)–C–C–N with tert-alkyl or cyclic N) is 1. The van der Waals surface area contributed by atoms with Crippen LogP contribution in [-0.4, -0.2) is 38.8 Å². The molecule has 0 fully saturated rings. The number of nitriles is 1. The van der Waals surface area contributed by atoms with Gasteiger partial charge < -0.3 is 14.7 Å². The van der Waals surface area contributed by atoms with Crippen LogP contribution in [0.2, 0.25) is 0 Å². The molecular formula is C30H25F3N4O. The lowest BCUT2D eigenvalue weighted by atomic mass is 9.90. The molecule has 1 aliphatic rings. The Morgan fingerprint density at radius 1 is 0.974 bits per heavy atom. The van der Waals surface area contributed by atoms with E-state index in [-0.39, 0.29) is 17.5 Å². The molecule has 5 aromatic rings. The van der Waals surface area contributed by atoms with Crippen LogP contribution in [0.1, 0.15) is 27.9 Å². The summed E-state index contributed by atoms with van der Waals surface area (Å²) in [7, 11) is 0. The number of aromatic nitrogens is 2. The van der Waals surface area contributed by atoms with Crippen LogP contribution < -0.4 is 0 Å². The van der Waals surface area contributed by atoms with E-state index in [4.69, 9.17) is 0 Å². The number of aromatic amines is 1. The molecule has 5 nitrogen and oxygen atoms in total. The molecule has 6 rings (SSSR count). The number of alkyl halides is 3. The van der Waals surface area contributed by atoms with Crippen molar-refractivity contribution >= 4 is 21.8 Å². The summed E-state index contributed by atoms with van der Waals surface area (Å²) in [5, 5.41) is 22.3. The molecule has 1 aliphatic heterocycles. The van der Waals surface area contributed by atoms with Gasteiger partial charge in [0.15, 0.2) is 0 Å². The smallest absolute Gasteiger partial charge is 0.375 e. The Labute approximate surface area is 217 Å². The molecule has 0 aliphatic carbocycles. The van der Waals surface area contributed by atoms with Crippen LogP contribution in [0.5, 0.6) is 0 Å². The molecule has 3 heterocycles. The number of hydrogen-bond donors (Lipinski definition) is 2. The maximum absolute atomic E-state index is 14.8. The predicted molar refractivity (Wildman–Crippen MR) is 139 cm³/mol. The Morgan fingerprint density at radius 2 is 1.74 bits per heavy atom. The van der Waals surface area contributed by atoms with Gasteiger partial charge in [-0.1, -0.05) is 54.6 Å². The van der Waals surface area contributed by atoms with Gasteiger partial charge in [-0.05, 0) is 35.7 Å². The first kappa shape index (κ1) is 24.3. The van der Waals surface area contributed by atoms with Crippen molar-refractivity contribution in [3.05, 3.63) is 107 Å². The van der Waals surface area contributed by atoms with Crippen molar-refractivity contribution in [2.45, 2.75) is 31.3 Å². The summed E-state index contributed by atoms with van der Waals surface area (Å²) in [6.07, 6.45) is -2.94. The largest absolute Gasteiger partial charge is 0.422 e. The summed E-state index contributed by atoms with van der Waals surface area (Å²) in [5.74, 6) is 0. The molecule has 0 saturated heterocycles. The third-order valence-corrected chi connectivity index (χ3v) is 7.54. The maximum Gasteiger partial charge on any atom is 0.422 e. The zero-order valence-electron chi connectivity index (χ0n) is 20.5. The van der Waals surface area contributed by atoms with Crippen LogP contribution in [-0.2, 0) is 25.1 Å². The van der Waals surface area contributed by atoms with Gasteiger partial charge in [-0.25, -0.2) is 0 Å². The number of halogens is 3. The average Bonchev–Trinajstić information content (AvgIpc) is 3.46. The van der Waals surface area contributed by atoms with Crippen LogP contribution in [0.25, 0.3) is 21.8 Å². The molecule has 0 saturated carbocycles. The van der Waals surface area contributed by atoms with Gasteiger partial charge in [0, 0.05) is 59.9 Å². The highest BCUT2D eigenvalue weighted by Gasteiger charge is 2.57. The highest BCUT2D eigenvalue weighted by Crippen LogP contribution is 2.44. The number of H-pyrrole nitrogens is 1. The predicted octanol–water partition coefficient (Wildman–Crippen LogP) is 5.85. The average molecular weight is 515 g/mol. The molecule has 192 valence electrons. The number of nitrogens with zero attached hydrogens (tertiary/aromatic N) is 3. The van der Waals surface area contributed by atoms with Crippen molar-refractivity contribution in [1.29, 1.82) is 5.26 Å². The Hall–Kier alpha value is -4.06. The molecule has 2 N–H and O–H groups in total. The van der Waals surface area contributed by atoms with Crippen molar-refractivity contribution < 1.29 is 18.3 Å². The molecule has 38 heavy (non-hydrogen) atoms. The van der Waals surface area contributed by atoms with Gasteiger partial charge >= 0.3 is 6.18 Å². The van der Waals surface area contributed by atoms with Gasteiger partial charge in [0.05, 0.1) is 17.1 Å². The molecule has 0 bridgehead atoms. The minimum atomic E-state index is -4.92. The van der Waals surface area contributed by atoms with Crippen LogP contribution >= 0.6 is 0 Å². The molecule has 1 atom stereocenters. The second-order valence-corrected chi connectivity index (χ2v) is 9.95. The Morgan fingerprint density at radius 3 is 2.50 bits per heavy atom. The number of hydrogen-bond acceptors (Lipinski definition) is 3. The summed E-state index contributed by atoms with van der Waals surface area (Å²) in [6.45, 7) is 0.385. The zero-order chi connectivity index (χ0) is 26.5. The minimum Gasteiger partial charge on any atom is -0.375 e. The molecule has 8 heteroatoms. The lowest BCUT2D eigenvalue weighted by Gasteiger charge is -2.37. The van der Waals surface area contributed by atoms with E-state index in [0.29, 0.717) is 30.6 Å². The lowest BCUT2D eigenvalue weighted by Crippen LogP contribution is -2.52. The van der Waals surface area contributed by atoms with E-state index < -0.39 is 18.3 Å². The second kappa shape index (κ2) is 9.05. The van der Waals surface area contributed by atoms with Crippen LogP contribution in [0.3, 0.4) is 0 Å². The number of para-hydroxylation sites is 1. The first-order valence-electron chi connectivity index (χ1n) is 12.4. The topological polar surface area (TPSA) is 68.0 Å². The van der Waals surface area contributed by atoms with Crippen molar-refractivity contribution in [3.63, 3.8) is 0 Å². The number of fused-ring (bicyclic) bond motifs is 4. The second-order valence-electron chi connectivity index (χ2n) is 9.95. The van der Waals surface area contributed by atoms with E-state index in [2.05, 4.69) is 11.1 Å². The third kappa shape index (κ3) is 4.05. The lowest BCUT2D eigenvalue weighted by molar-refractivity contribution is -0.271. The molecule has 2 aromatic heterocycles. The molecule has 0 radical (unpaired) electrons.